The summed E-state index contributed by atoms with van der Waals surface area (Å²) in [6, 6.07) is 18.0. The number of amides is 1. The Kier molecular flexibility index (Phi) is 4.30. The fraction of sp³-hybridized carbons (Fsp3) is 0.217. The number of nitrogens with one attached hydrogen (secondary N) is 1. The van der Waals surface area contributed by atoms with E-state index in [4.69, 9.17) is 16.6 Å². The van der Waals surface area contributed by atoms with Crippen LogP contribution >= 0.6 is 11.6 Å². The molecule has 2 aliphatic rings. The van der Waals surface area contributed by atoms with E-state index in [-0.39, 0.29) is 11.9 Å². The number of anilines is 1. The minimum Gasteiger partial charge on any atom is -0.309 e. The number of hydrazine groups is 1. The first-order valence-electron chi connectivity index (χ1n) is 9.66. The average Bonchev–Trinajstić information content (AvgIpc) is 3.02. The van der Waals surface area contributed by atoms with Gasteiger partial charge >= 0.3 is 0 Å². The van der Waals surface area contributed by atoms with Crippen LogP contribution in [0.25, 0.3) is 10.8 Å². The molecule has 3 aromatic rings. The third-order valence-electron chi connectivity index (χ3n) is 5.49. The highest BCUT2D eigenvalue weighted by Crippen LogP contribution is 2.48. The Balaban J connectivity index is 1.64. The molecule has 0 bridgehead atoms. The zero-order valence-corrected chi connectivity index (χ0v) is 17.1. The van der Waals surface area contributed by atoms with E-state index in [2.05, 4.69) is 41.8 Å². The quantitative estimate of drug-likeness (QED) is 0.697. The largest absolute Gasteiger partial charge is 0.309 e. The molecule has 0 aromatic heterocycles. The van der Waals surface area contributed by atoms with Gasteiger partial charge in [0.2, 0.25) is 5.91 Å². The van der Waals surface area contributed by atoms with Crippen LogP contribution in [-0.4, -0.2) is 37.2 Å². The number of fused-ring (bicyclic) bond motifs is 4. The Morgan fingerprint density at radius 1 is 1.17 bits per heavy atom. The molecule has 5 rings (SSSR count). The molecule has 1 atom stereocenters. The second-order valence-corrected chi connectivity index (χ2v) is 8.18. The fourth-order valence-corrected chi connectivity index (χ4v) is 4.35. The molecule has 29 heavy (non-hydrogen) atoms. The number of hydrogen-bond acceptors (Lipinski definition) is 4. The van der Waals surface area contributed by atoms with Gasteiger partial charge in [-0.05, 0) is 48.6 Å². The molecule has 3 aromatic carbocycles. The predicted molar refractivity (Wildman–Crippen MR) is 118 cm³/mol. The summed E-state index contributed by atoms with van der Waals surface area (Å²) in [4.78, 5) is 19.7. The van der Waals surface area contributed by atoms with Crippen molar-refractivity contribution in [2.45, 2.75) is 12.5 Å². The van der Waals surface area contributed by atoms with Gasteiger partial charge in [-0.25, -0.2) is 4.99 Å². The summed E-state index contributed by atoms with van der Waals surface area (Å²) >= 11 is 6.25. The van der Waals surface area contributed by atoms with Crippen molar-refractivity contribution in [1.82, 2.24) is 10.3 Å². The normalized spacial score (nSPS) is 16.6. The number of hydrogen-bond donors (Lipinski definition) is 1. The molecule has 1 heterocycles. The second kappa shape index (κ2) is 6.87. The molecular weight excluding hydrogens is 384 g/mol. The Morgan fingerprint density at radius 2 is 1.97 bits per heavy atom. The van der Waals surface area contributed by atoms with E-state index < -0.39 is 0 Å². The number of carbonyl (C=O) groups is 1. The lowest BCUT2D eigenvalue weighted by molar-refractivity contribution is -0.121. The molecule has 1 aliphatic carbocycles. The Bertz CT molecular complexity index is 1170. The Morgan fingerprint density at radius 3 is 2.76 bits per heavy atom. The lowest BCUT2D eigenvalue weighted by Gasteiger charge is -2.36. The lowest BCUT2D eigenvalue weighted by Crippen LogP contribution is -2.48. The molecule has 0 spiro atoms. The molecule has 0 saturated heterocycles. The maximum absolute atomic E-state index is 12.8. The summed E-state index contributed by atoms with van der Waals surface area (Å²) in [6.45, 7) is 0.689. The minimum absolute atomic E-state index is 0.0241. The number of carbonyl (C=O) groups excluding carboxylic acids is 1. The van der Waals surface area contributed by atoms with Crippen LogP contribution < -0.4 is 10.4 Å². The molecule has 146 valence electrons. The maximum atomic E-state index is 12.8. The van der Waals surface area contributed by atoms with Crippen LogP contribution in [0.3, 0.4) is 0 Å². The molecule has 0 fully saturated rings. The first kappa shape index (κ1) is 18.2. The number of rotatable bonds is 4. The van der Waals surface area contributed by atoms with Crippen LogP contribution in [0.15, 0.2) is 59.6 Å². The average molecular weight is 405 g/mol. The zero-order chi connectivity index (χ0) is 20.1. The van der Waals surface area contributed by atoms with Crippen molar-refractivity contribution in [2.24, 2.45) is 4.99 Å². The van der Waals surface area contributed by atoms with Gasteiger partial charge in [0.15, 0.2) is 0 Å². The SMILES string of the molecule is CN(C)CCC(=O)NN1c2ccc(Cl)cc2N=C2c3cccc4cccc(c34)C21. The van der Waals surface area contributed by atoms with Gasteiger partial charge in [-0.2, -0.15) is 0 Å². The van der Waals surface area contributed by atoms with Gasteiger partial charge in [0.25, 0.3) is 0 Å². The van der Waals surface area contributed by atoms with Gasteiger partial charge in [0, 0.05) is 23.6 Å². The van der Waals surface area contributed by atoms with E-state index >= 15 is 0 Å². The van der Waals surface area contributed by atoms with Crippen LogP contribution in [-0.2, 0) is 4.79 Å². The van der Waals surface area contributed by atoms with Crippen LogP contribution in [0.4, 0.5) is 11.4 Å². The van der Waals surface area contributed by atoms with Crippen molar-refractivity contribution < 1.29 is 4.79 Å². The molecule has 5 nitrogen and oxygen atoms in total. The van der Waals surface area contributed by atoms with Crippen LogP contribution in [0.2, 0.25) is 5.02 Å². The Hall–Kier alpha value is -2.89. The van der Waals surface area contributed by atoms with E-state index in [0.29, 0.717) is 18.0 Å². The van der Waals surface area contributed by atoms with E-state index in [9.17, 15) is 4.79 Å². The highest BCUT2D eigenvalue weighted by molar-refractivity contribution is 6.31. The fourth-order valence-electron chi connectivity index (χ4n) is 4.19. The van der Waals surface area contributed by atoms with Crippen LogP contribution in [0.1, 0.15) is 23.6 Å². The van der Waals surface area contributed by atoms with Gasteiger partial charge < -0.3 is 4.90 Å². The lowest BCUT2D eigenvalue weighted by atomic mass is 10.0. The van der Waals surface area contributed by atoms with Gasteiger partial charge in [-0.15, -0.1) is 0 Å². The van der Waals surface area contributed by atoms with Crippen molar-refractivity contribution in [3.05, 3.63) is 70.7 Å². The van der Waals surface area contributed by atoms with Gasteiger partial charge in [-0.3, -0.25) is 15.2 Å². The summed E-state index contributed by atoms with van der Waals surface area (Å²) < 4.78 is 0. The molecule has 6 heteroatoms. The first-order chi connectivity index (χ1) is 14.0. The summed E-state index contributed by atoms with van der Waals surface area (Å²) in [5.74, 6) is -0.0241. The first-order valence-corrected chi connectivity index (χ1v) is 10.0. The van der Waals surface area contributed by atoms with E-state index in [0.717, 1.165) is 28.2 Å². The maximum Gasteiger partial charge on any atom is 0.239 e. The topological polar surface area (TPSA) is 47.9 Å². The summed E-state index contributed by atoms with van der Waals surface area (Å²) in [7, 11) is 3.93. The van der Waals surface area contributed by atoms with Crippen LogP contribution in [0.5, 0.6) is 0 Å². The third-order valence-corrected chi connectivity index (χ3v) is 5.73. The van der Waals surface area contributed by atoms with Crippen molar-refractivity contribution >= 4 is 45.4 Å². The van der Waals surface area contributed by atoms with Gasteiger partial charge in [0.1, 0.15) is 6.04 Å². The molecule has 1 amide bonds. The smallest absolute Gasteiger partial charge is 0.239 e. The summed E-state index contributed by atoms with van der Waals surface area (Å²) in [5.41, 5.74) is 7.98. The standard InChI is InChI=1S/C23H21ClN4O/c1-27(2)12-11-20(29)26-28-19-10-9-15(24)13-18(19)25-22-16-7-3-5-14-6-4-8-17(21(14)16)23(22)28/h3-10,13,23H,11-12H2,1-2H3,(H,26,29). The number of benzene rings is 3. The van der Waals surface area contributed by atoms with Crippen molar-refractivity contribution in [1.29, 1.82) is 0 Å². The molecule has 1 aliphatic heterocycles. The number of aliphatic imine (C=N–C) groups is 1. The van der Waals surface area contributed by atoms with Gasteiger partial charge in [0.05, 0.1) is 17.1 Å². The molecule has 0 radical (unpaired) electrons. The van der Waals surface area contributed by atoms with E-state index in [1.165, 1.54) is 10.8 Å². The molecule has 1 N–H and O–H groups in total. The second-order valence-electron chi connectivity index (χ2n) is 7.74. The van der Waals surface area contributed by atoms with Crippen molar-refractivity contribution in [3.63, 3.8) is 0 Å². The number of nitrogens with zero attached hydrogens (tertiary/aromatic N) is 3. The van der Waals surface area contributed by atoms with Crippen molar-refractivity contribution in [3.8, 4) is 0 Å². The summed E-state index contributed by atoms with van der Waals surface area (Å²) in [5, 5.41) is 4.96. The number of halogens is 1. The molecule has 1 unspecified atom stereocenters. The highest BCUT2D eigenvalue weighted by Gasteiger charge is 2.39. The monoisotopic (exact) mass is 404 g/mol. The van der Waals surface area contributed by atoms with Crippen molar-refractivity contribution in [2.75, 3.05) is 25.6 Å². The predicted octanol–water partition coefficient (Wildman–Crippen LogP) is 4.47. The van der Waals surface area contributed by atoms with E-state index in [1.54, 1.807) is 0 Å². The Labute approximate surface area is 174 Å². The summed E-state index contributed by atoms with van der Waals surface area (Å²) in [6.07, 6.45) is 0.419. The minimum atomic E-state index is -0.159. The van der Waals surface area contributed by atoms with Crippen LogP contribution in [0, 0.1) is 0 Å². The zero-order valence-electron chi connectivity index (χ0n) is 16.3. The van der Waals surface area contributed by atoms with Gasteiger partial charge in [-0.1, -0.05) is 48.0 Å². The molecule has 0 saturated carbocycles. The third kappa shape index (κ3) is 2.98. The molecular formula is C23H21ClN4O. The van der Waals surface area contributed by atoms with E-state index in [1.807, 2.05) is 42.2 Å². The highest BCUT2D eigenvalue weighted by atomic mass is 35.5.